The van der Waals surface area contributed by atoms with Crippen LogP contribution in [0, 0.1) is 0 Å². The summed E-state index contributed by atoms with van der Waals surface area (Å²) < 4.78 is 5.01. The molecule has 0 fully saturated rings. The first-order chi connectivity index (χ1) is 5.70. The maximum Gasteiger partial charge on any atom is 0.151 e. The lowest BCUT2D eigenvalue weighted by Gasteiger charge is -2.17. The number of hydrogen-bond donors (Lipinski definition) is 1. The molecule has 3 heteroatoms. The molecule has 0 aromatic heterocycles. The summed E-state index contributed by atoms with van der Waals surface area (Å²) in [6.07, 6.45) is 0.369. The summed E-state index contributed by atoms with van der Waals surface area (Å²) >= 11 is 0. The fourth-order valence-electron chi connectivity index (χ4n) is 1.08. The van der Waals surface area contributed by atoms with E-state index in [0.29, 0.717) is 6.61 Å². The lowest BCUT2D eigenvalue weighted by atomic mass is 10.4. The Labute approximate surface area is 75.3 Å². The summed E-state index contributed by atoms with van der Waals surface area (Å²) in [5.41, 5.74) is 0. The smallest absolute Gasteiger partial charge is 0.151 e. The second-order valence-corrected chi connectivity index (χ2v) is 2.85. The Morgan fingerprint density at radius 1 is 1.33 bits per heavy atom. The molecule has 1 atom stereocenters. The van der Waals surface area contributed by atoms with Crippen LogP contribution in [0.2, 0.25) is 0 Å². The number of aliphatic hydroxyl groups is 1. The second-order valence-electron chi connectivity index (χ2n) is 2.85. The third kappa shape index (κ3) is 6.58. The SMILES string of the molecule is CCN(CC)CCCOC(C)O. The zero-order chi connectivity index (χ0) is 9.40. The molecule has 0 saturated carbocycles. The number of ether oxygens (including phenoxy) is 1. The molecule has 12 heavy (non-hydrogen) atoms. The standard InChI is InChI=1S/C9H21NO2/c1-4-10(5-2)7-6-8-12-9(3)11/h9,11H,4-8H2,1-3H3. The van der Waals surface area contributed by atoms with Crippen LogP contribution in [0.1, 0.15) is 27.2 Å². The van der Waals surface area contributed by atoms with E-state index in [1.54, 1.807) is 6.92 Å². The lowest BCUT2D eigenvalue weighted by molar-refractivity contribution is -0.0866. The van der Waals surface area contributed by atoms with E-state index in [1.807, 2.05) is 0 Å². The van der Waals surface area contributed by atoms with Gasteiger partial charge >= 0.3 is 0 Å². The van der Waals surface area contributed by atoms with Crippen molar-refractivity contribution in [3.8, 4) is 0 Å². The third-order valence-electron chi connectivity index (χ3n) is 1.87. The van der Waals surface area contributed by atoms with Crippen molar-refractivity contribution in [1.82, 2.24) is 4.90 Å². The van der Waals surface area contributed by atoms with E-state index in [2.05, 4.69) is 18.7 Å². The molecule has 0 heterocycles. The Morgan fingerprint density at radius 2 is 1.92 bits per heavy atom. The van der Waals surface area contributed by atoms with Crippen LogP contribution >= 0.6 is 0 Å². The van der Waals surface area contributed by atoms with Crippen molar-refractivity contribution >= 4 is 0 Å². The number of nitrogens with zero attached hydrogens (tertiary/aromatic N) is 1. The number of hydrogen-bond acceptors (Lipinski definition) is 3. The minimum absolute atomic E-state index is 0.623. The van der Waals surface area contributed by atoms with E-state index in [0.717, 1.165) is 26.1 Å². The van der Waals surface area contributed by atoms with Crippen molar-refractivity contribution in [2.75, 3.05) is 26.2 Å². The molecular weight excluding hydrogens is 154 g/mol. The highest BCUT2D eigenvalue weighted by Crippen LogP contribution is 1.92. The first-order valence-corrected chi connectivity index (χ1v) is 4.72. The highest BCUT2D eigenvalue weighted by atomic mass is 16.6. The van der Waals surface area contributed by atoms with Gasteiger partial charge in [-0.25, -0.2) is 0 Å². The summed E-state index contributed by atoms with van der Waals surface area (Å²) in [7, 11) is 0. The molecule has 0 rings (SSSR count). The highest BCUT2D eigenvalue weighted by molar-refractivity contribution is 4.51. The van der Waals surface area contributed by atoms with Gasteiger partial charge in [0.1, 0.15) is 0 Å². The van der Waals surface area contributed by atoms with Crippen molar-refractivity contribution in [2.45, 2.75) is 33.5 Å². The van der Waals surface area contributed by atoms with Gasteiger partial charge in [-0.15, -0.1) is 0 Å². The third-order valence-corrected chi connectivity index (χ3v) is 1.87. The fraction of sp³-hybridized carbons (Fsp3) is 1.00. The van der Waals surface area contributed by atoms with Crippen LogP contribution in [0.5, 0.6) is 0 Å². The summed E-state index contributed by atoms with van der Waals surface area (Å²) in [5, 5.41) is 8.80. The molecular formula is C9H21NO2. The van der Waals surface area contributed by atoms with Gasteiger partial charge in [-0.1, -0.05) is 13.8 Å². The fourth-order valence-corrected chi connectivity index (χ4v) is 1.08. The van der Waals surface area contributed by atoms with Crippen LogP contribution in [0.4, 0.5) is 0 Å². The van der Waals surface area contributed by atoms with Crippen molar-refractivity contribution in [1.29, 1.82) is 0 Å². The monoisotopic (exact) mass is 175 g/mol. The van der Waals surface area contributed by atoms with E-state index < -0.39 is 6.29 Å². The summed E-state index contributed by atoms with van der Waals surface area (Å²) in [5.74, 6) is 0. The van der Waals surface area contributed by atoms with Crippen molar-refractivity contribution in [2.24, 2.45) is 0 Å². The minimum Gasteiger partial charge on any atom is -0.368 e. The van der Waals surface area contributed by atoms with E-state index in [1.165, 1.54) is 0 Å². The molecule has 0 amide bonds. The second kappa shape index (κ2) is 7.53. The quantitative estimate of drug-likeness (QED) is 0.464. The van der Waals surface area contributed by atoms with Gasteiger partial charge in [-0.3, -0.25) is 0 Å². The average molecular weight is 175 g/mol. The van der Waals surface area contributed by atoms with Gasteiger partial charge in [0.05, 0.1) is 6.61 Å². The van der Waals surface area contributed by atoms with Crippen LogP contribution in [-0.4, -0.2) is 42.5 Å². The Bertz CT molecular complexity index is 92.5. The number of rotatable bonds is 7. The van der Waals surface area contributed by atoms with Crippen LogP contribution in [0.3, 0.4) is 0 Å². The summed E-state index contributed by atoms with van der Waals surface area (Å²) in [6, 6.07) is 0. The Hall–Kier alpha value is -0.120. The molecule has 0 spiro atoms. The van der Waals surface area contributed by atoms with Gasteiger partial charge in [-0.05, 0) is 26.4 Å². The predicted octanol–water partition coefficient (Wildman–Crippen LogP) is 1.07. The molecule has 1 unspecified atom stereocenters. The Balaban J connectivity index is 3.17. The molecule has 0 aromatic rings. The van der Waals surface area contributed by atoms with Crippen molar-refractivity contribution < 1.29 is 9.84 Å². The van der Waals surface area contributed by atoms with E-state index in [4.69, 9.17) is 9.84 Å². The zero-order valence-corrected chi connectivity index (χ0v) is 8.42. The lowest BCUT2D eigenvalue weighted by Crippen LogP contribution is -2.25. The van der Waals surface area contributed by atoms with Crippen LogP contribution in [-0.2, 0) is 4.74 Å². The average Bonchev–Trinajstić information content (AvgIpc) is 2.04. The molecule has 0 aliphatic carbocycles. The summed E-state index contributed by atoms with van der Waals surface area (Å²) in [4.78, 5) is 2.34. The molecule has 1 N–H and O–H groups in total. The van der Waals surface area contributed by atoms with Crippen LogP contribution in [0.15, 0.2) is 0 Å². The largest absolute Gasteiger partial charge is 0.368 e. The van der Waals surface area contributed by atoms with Crippen molar-refractivity contribution in [3.63, 3.8) is 0 Å². The normalized spacial score (nSPS) is 13.8. The molecule has 74 valence electrons. The van der Waals surface area contributed by atoms with Gasteiger partial charge in [0, 0.05) is 6.54 Å². The summed E-state index contributed by atoms with van der Waals surface area (Å²) in [6.45, 7) is 9.82. The molecule has 3 nitrogen and oxygen atoms in total. The van der Waals surface area contributed by atoms with E-state index in [-0.39, 0.29) is 0 Å². The van der Waals surface area contributed by atoms with Gasteiger partial charge < -0.3 is 14.7 Å². The predicted molar refractivity (Wildman–Crippen MR) is 50.0 cm³/mol. The number of aliphatic hydroxyl groups excluding tert-OH is 1. The van der Waals surface area contributed by atoms with Gasteiger partial charge in [-0.2, -0.15) is 0 Å². The van der Waals surface area contributed by atoms with Crippen molar-refractivity contribution in [3.05, 3.63) is 0 Å². The molecule has 0 radical (unpaired) electrons. The molecule has 0 bridgehead atoms. The van der Waals surface area contributed by atoms with Gasteiger partial charge in [0.15, 0.2) is 6.29 Å². The topological polar surface area (TPSA) is 32.7 Å². The molecule has 0 aliphatic rings. The van der Waals surface area contributed by atoms with Crippen LogP contribution in [0.25, 0.3) is 0 Å². The maximum atomic E-state index is 8.80. The molecule has 0 aliphatic heterocycles. The Morgan fingerprint density at radius 3 is 2.33 bits per heavy atom. The first kappa shape index (κ1) is 11.9. The maximum absolute atomic E-state index is 8.80. The molecule has 0 saturated heterocycles. The Kier molecular flexibility index (Phi) is 7.45. The zero-order valence-electron chi connectivity index (χ0n) is 8.42. The molecule has 0 aromatic carbocycles. The van der Waals surface area contributed by atoms with Gasteiger partial charge in [0.25, 0.3) is 0 Å². The van der Waals surface area contributed by atoms with E-state index >= 15 is 0 Å². The van der Waals surface area contributed by atoms with Crippen LogP contribution < -0.4 is 0 Å². The highest BCUT2D eigenvalue weighted by Gasteiger charge is 1.99. The van der Waals surface area contributed by atoms with E-state index in [9.17, 15) is 0 Å². The minimum atomic E-state index is -0.623. The van der Waals surface area contributed by atoms with Gasteiger partial charge in [0.2, 0.25) is 0 Å². The first-order valence-electron chi connectivity index (χ1n) is 4.72.